The molecule has 0 bridgehead atoms. The van der Waals surface area contributed by atoms with E-state index in [2.05, 4.69) is 49.2 Å². The molecule has 7 nitrogen and oxygen atoms in total. The summed E-state index contributed by atoms with van der Waals surface area (Å²) in [6.45, 7) is 7.28. The molecule has 2 N–H and O–H groups in total. The summed E-state index contributed by atoms with van der Waals surface area (Å²) in [6.07, 6.45) is 5.32. The second-order valence-electron chi connectivity index (χ2n) is 10.5. The number of piperidine rings is 1. The van der Waals surface area contributed by atoms with Crippen molar-refractivity contribution >= 4 is 28.2 Å². The molecule has 2 aromatic carbocycles. The standard InChI is InChI=1S/C29H32F2N6O/c1-17(2)37-12-13-38-28-22(30)14-19(15-25(28)37)26-23(31)16-33-29(35-26)34-24-5-4-20(21-6-9-32-27(21)24)18-7-10-36(3)11-8-18/h4-6,9,14-18,32H,7-8,10-13H2,1-3H3,(H,33,34,35). The van der Waals surface area contributed by atoms with E-state index >= 15 is 4.39 Å². The van der Waals surface area contributed by atoms with Crippen molar-refractivity contribution in [1.29, 1.82) is 0 Å². The number of H-pyrrole nitrogens is 1. The fourth-order valence-electron chi connectivity index (χ4n) is 5.68. The maximum atomic E-state index is 15.0. The maximum Gasteiger partial charge on any atom is 0.227 e. The van der Waals surface area contributed by atoms with Gasteiger partial charge in [-0.3, -0.25) is 0 Å². The number of ether oxygens (including phenoxy) is 1. The van der Waals surface area contributed by atoms with Gasteiger partial charge in [0.1, 0.15) is 12.3 Å². The number of likely N-dealkylation sites (tertiary alicyclic amines) is 1. The van der Waals surface area contributed by atoms with Gasteiger partial charge in [-0.25, -0.2) is 18.7 Å². The lowest BCUT2D eigenvalue weighted by atomic mass is 9.87. The van der Waals surface area contributed by atoms with Crippen LogP contribution in [-0.4, -0.2) is 59.2 Å². The number of aromatic amines is 1. The zero-order valence-corrected chi connectivity index (χ0v) is 21.9. The van der Waals surface area contributed by atoms with Gasteiger partial charge in [0.05, 0.1) is 29.6 Å². The van der Waals surface area contributed by atoms with E-state index in [0.717, 1.165) is 48.7 Å². The molecule has 2 aliphatic heterocycles. The Hall–Kier alpha value is -3.72. The van der Waals surface area contributed by atoms with E-state index in [1.54, 1.807) is 6.07 Å². The van der Waals surface area contributed by atoms with Crippen molar-refractivity contribution in [3.63, 3.8) is 0 Å². The lowest BCUT2D eigenvalue weighted by molar-refractivity contribution is 0.256. The fourth-order valence-corrected chi connectivity index (χ4v) is 5.68. The first-order valence-corrected chi connectivity index (χ1v) is 13.2. The normalized spacial score (nSPS) is 16.6. The minimum atomic E-state index is -0.620. The van der Waals surface area contributed by atoms with Gasteiger partial charge < -0.3 is 24.8 Å². The monoisotopic (exact) mass is 518 g/mol. The third-order valence-electron chi connectivity index (χ3n) is 7.71. The van der Waals surface area contributed by atoms with Crippen LogP contribution in [0.2, 0.25) is 0 Å². The highest BCUT2D eigenvalue weighted by atomic mass is 19.1. The van der Waals surface area contributed by atoms with Gasteiger partial charge in [0, 0.05) is 23.2 Å². The number of benzene rings is 2. The van der Waals surface area contributed by atoms with E-state index in [1.165, 1.54) is 11.6 Å². The number of nitrogens with zero attached hydrogens (tertiary/aromatic N) is 4. The molecule has 2 aromatic heterocycles. The van der Waals surface area contributed by atoms with Crippen molar-refractivity contribution < 1.29 is 13.5 Å². The Kier molecular flexibility index (Phi) is 6.39. The summed E-state index contributed by atoms with van der Waals surface area (Å²) in [7, 11) is 2.17. The zero-order valence-electron chi connectivity index (χ0n) is 21.9. The van der Waals surface area contributed by atoms with Crippen LogP contribution in [0.1, 0.15) is 38.2 Å². The van der Waals surface area contributed by atoms with Crippen LogP contribution in [0.4, 0.5) is 26.1 Å². The molecule has 0 saturated carbocycles. The number of halogens is 2. The Morgan fingerprint density at radius 3 is 2.68 bits per heavy atom. The average molecular weight is 519 g/mol. The smallest absolute Gasteiger partial charge is 0.227 e. The largest absolute Gasteiger partial charge is 0.486 e. The molecule has 4 aromatic rings. The van der Waals surface area contributed by atoms with E-state index in [1.807, 2.05) is 26.1 Å². The van der Waals surface area contributed by atoms with Crippen LogP contribution in [0.25, 0.3) is 22.2 Å². The van der Waals surface area contributed by atoms with Gasteiger partial charge in [0.25, 0.3) is 0 Å². The van der Waals surface area contributed by atoms with Crippen LogP contribution in [0.3, 0.4) is 0 Å². The Labute approximate surface area is 220 Å². The molecule has 1 saturated heterocycles. The lowest BCUT2D eigenvalue weighted by Crippen LogP contribution is -2.38. The van der Waals surface area contributed by atoms with Crippen molar-refractivity contribution in [3.05, 3.63) is 59.9 Å². The second kappa shape index (κ2) is 9.87. The number of aromatic nitrogens is 3. The molecular weight excluding hydrogens is 486 g/mol. The second-order valence-corrected chi connectivity index (χ2v) is 10.5. The number of hydrogen-bond acceptors (Lipinski definition) is 6. The Morgan fingerprint density at radius 1 is 1.08 bits per heavy atom. The minimum Gasteiger partial charge on any atom is -0.486 e. The highest BCUT2D eigenvalue weighted by Gasteiger charge is 2.26. The van der Waals surface area contributed by atoms with Crippen LogP contribution in [0, 0.1) is 11.6 Å². The first kappa shape index (κ1) is 24.6. The molecule has 9 heteroatoms. The molecule has 1 fully saturated rings. The number of anilines is 3. The SMILES string of the molecule is CC(C)N1CCOc2c(F)cc(-c3nc(Nc4ccc(C5CCN(C)CC5)c5cc[nH]c45)ncc3F)cc21. The van der Waals surface area contributed by atoms with Crippen LogP contribution in [0.15, 0.2) is 42.7 Å². The maximum absolute atomic E-state index is 15.0. The molecule has 0 spiro atoms. The highest BCUT2D eigenvalue weighted by Crippen LogP contribution is 2.40. The van der Waals surface area contributed by atoms with E-state index < -0.39 is 11.6 Å². The summed E-state index contributed by atoms with van der Waals surface area (Å²) in [5, 5.41) is 4.42. The lowest BCUT2D eigenvalue weighted by Gasteiger charge is -2.34. The van der Waals surface area contributed by atoms with E-state index in [4.69, 9.17) is 4.74 Å². The molecule has 2 aliphatic rings. The van der Waals surface area contributed by atoms with Crippen molar-refractivity contribution in [2.45, 2.75) is 38.6 Å². The van der Waals surface area contributed by atoms with Crippen LogP contribution < -0.4 is 15.0 Å². The topological polar surface area (TPSA) is 69.3 Å². The van der Waals surface area contributed by atoms with Gasteiger partial charge in [-0.1, -0.05) is 6.07 Å². The minimum absolute atomic E-state index is 0.0316. The Morgan fingerprint density at radius 2 is 1.89 bits per heavy atom. The summed E-state index contributed by atoms with van der Waals surface area (Å²) in [5.41, 5.74) is 4.07. The summed E-state index contributed by atoms with van der Waals surface area (Å²) < 4.78 is 35.6. The van der Waals surface area contributed by atoms with Gasteiger partial charge in [0.15, 0.2) is 17.4 Å². The quantitative estimate of drug-likeness (QED) is 0.335. The number of fused-ring (bicyclic) bond motifs is 2. The van der Waals surface area contributed by atoms with Crippen LogP contribution in [0.5, 0.6) is 5.75 Å². The third kappa shape index (κ3) is 4.45. The molecule has 6 rings (SSSR count). The molecule has 0 atom stereocenters. The van der Waals surface area contributed by atoms with Gasteiger partial charge in [0.2, 0.25) is 5.95 Å². The van der Waals surface area contributed by atoms with Gasteiger partial charge >= 0.3 is 0 Å². The number of hydrogen-bond donors (Lipinski definition) is 2. The predicted molar refractivity (Wildman–Crippen MR) is 146 cm³/mol. The molecule has 38 heavy (non-hydrogen) atoms. The number of rotatable bonds is 5. The highest BCUT2D eigenvalue weighted by molar-refractivity contribution is 5.95. The fraction of sp³-hybridized carbons (Fsp3) is 0.379. The Balaban J connectivity index is 1.33. The molecule has 0 aliphatic carbocycles. The number of nitrogens with one attached hydrogen (secondary N) is 2. The molecule has 4 heterocycles. The average Bonchev–Trinajstić information content (AvgIpc) is 3.41. The summed E-state index contributed by atoms with van der Waals surface area (Å²) in [5.74, 6) is -0.210. The van der Waals surface area contributed by atoms with Crippen molar-refractivity contribution in [2.24, 2.45) is 0 Å². The van der Waals surface area contributed by atoms with Crippen molar-refractivity contribution in [2.75, 3.05) is 43.5 Å². The van der Waals surface area contributed by atoms with Crippen LogP contribution >= 0.6 is 0 Å². The molecule has 198 valence electrons. The summed E-state index contributed by atoms with van der Waals surface area (Å²) >= 11 is 0. The van der Waals surface area contributed by atoms with Crippen molar-refractivity contribution in [3.8, 4) is 17.0 Å². The molecule has 0 radical (unpaired) electrons. The molecule has 0 unspecified atom stereocenters. The van der Waals surface area contributed by atoms with Gasteiger partial charge in [-0.2, -0.15) is 0 Å². The van der Waals surface area contributed by atoms with Crippen LogP contribution in [-0.2, 0) is 0 Å². The first-order valence-electron chi connectivity index (χ1n) is 13.2. The van der Waals surface area contributed by atoms with Crippen molar-refractivity contribution in [1.82, 2.24) is 19.9 Å². The summed E-state index contributed by atoms with van der Waals surface area (Å²) in [6, 6.07) is 9.45. The molecule has 0 amide bonds. The zero-order chi connectivity index (χ0) is 26.4. The van der Waals surface area contributed by atoms with Gasteiger partial charge in [-0.05, 0) is 82.6 Å². The first-order chi connectivity index (χ1) is 18.4. The summed E-state index contributed by atoms with van der Waals surface area (Å²) in [4.78, 5) is 16.4. The van der Waals surface area contributed by atoms with Gasteiger partial charge in [-0.15, -0.1) is 0 Å². The van der Waals surface area contributed by atoms with E-state index in [9.17, 15) is 4.39 Å². The third-order valence-corrected chi connectivity index (χ3v) is 7.71. The van der Waals surface area contributed by atoms with E-state index in [0.29, 0.717) is 30.3 Å². The Bertz CT molecular complexity index is 1480. The predicted octanol–water partition coefficient (Wildman–Crippen LogP) is 6.06. The molecular formula is C29H32F2N6O. The van der Waals surface area contributed by atoms with E-state index in [-0.39, 0.29) is 23.4 Å².